The van der Waals surface area contributed by atoms with Crippen molar-refractivity contribution in [3.05, 3.63) is 59.9 Å². The van der Waals surface area contributed by atoms with Crippen molar-refractivity contribution in [1.82, 2.24) is 15.3 Å². The van der Waals surface area contributed by atoms with E-state index in [1.165, 1.54) is 6.07 Å². The molecule has 0 atom stereocenters. The van der Waals surface area contributed by atoms with Crippen molar-refractivity contribution in [1.29, 1.82) is 0 Å². The molecule has 2 aromatic carbocycles. The maximum absolute atomic E-state index is 12.6. The lowest BCUT2D eigenvalue weighted by atomic mass is 10.2. The van der Waals surface area contributed by atoms with E-state index in [2.05, 4.69) is 15.3 Å². The van der Waals surface area contributed by atoms with Gasteiger partial charge in [0.1, 0.15) is 5.82 Å². The number of rotatable bonds is 4. The predicted molar refractivity (Wildman–Crippen MR) is 86.9 cm³/mol. The molecular formula is C16H12F3N3O3S. The summed E-state index contributed by atoms with van der Waals surface area (Å²) >= 11 is 0. The van der Waals surface area contributed by atoms with Gasteiger partial charge in [-0.15, -0.1) is 0 Å². The molecule has 0 radical (unpaired) electrons. The molecule has 0 fully saturated rings. The first-order valence-electron chi connectivity index (χ1n) is 7.32. The van der Waals surface area contributed by atoms with E-state index in [0.717, 1.165) is 12.1 Å². The molecule has 0 saturated carbocycles. The third-order valence-electron chi connectivity index (χ3n) is 3.57. The number of aromatic amines is 1. The molecule has 2 N–H and O–H groups in total. The number of halogens is 3. The number of aromatic nitrogens is 2. The van der Waals surface area contributed by atoms with Gasteiger partial charge in [-0.2, -0.15) is 13.2 Å². The topological polar surface area (TPSA) is 91.9 Å². The van der Waals surface area contributed by atoms with Gasteiger partial charge in [0, 0.05) is 5.56 Å². The zero-order chi connectivity index (χ0) is 18.9. The van der Waals surface area contributed by atoms with Crippen molar-refractivity contribution in [3.63, 3.8) is 0 Å². The summed E-state index contributed by atoms with van der Waals surface area (Å²) in [6.45, 7) is 0.00373. The molecule has 1 aromatic heterocycles. The van der Waals surface area contributed by atoms with Gasteiger partial charge in [0.2, 0.25) is 0 Å². The average molecular weight is 383 g/mol. The number of carbonyl (C=O) groups is 1. The Kier molecular flexibility index (Phi) is 4.45. The number of hydrogen-bond donors (Lipinski definition) is 2. The first-order chi connectivity index (χ1) is 12.2. The van der Waals surface area contributed by atoms with Gasteiger partial charge in [0.25, 0.3) is 15.7 Å². The van der Waals surface area contributed by atoms with Crippen LogP contribution in [0.5, 0.6) is 0 Å². The molecule has 0 aliphatic rings. The van der Waals surface area contributed by atoms with Gasteiger partial charge in [0.15, 0.2) is 0 Å². The molecule has 0 aliphatic heterocycles. The van der Waals surface area contributed by atoms with Crippen LogP contribution in [-0.2, 0) is 16.4 Å². The van der Waals surface area contributed by atoms with Crippen LogP contribution < -0.4 is 5.32 Å². The fraction of sp³-hybridized carbons (Fsp3) is 0.125. The summed E-state index contributed by atoms with van der Waals surface area (Å²) < 4.78 is 60.8. The fourth-order valence-electron chi connectivity index (χ4n) is 2.28. The van der Waals surface area contributed by atoms with E-state index in [4.69, 9.17) is 0 Å². The number of nitrogens with zero attached hydrogens (tertiary/aromatic N) is 1. The predicted octanol–water partition coefficient (Wildman–Crippen LogP) is 2.79. The van der Waals surface area contributed by atoms with E-state index < -0.39 is 20.2 Å². The van der Waals surface area contributed by atoms with Crippen LogP contribution in [0, 0.1) is 0 Å². The van der Waals surface area contributed by atoms with Crippen molar-refractivity contribution in [2.24, 2.45) is 0 Å². The van der Waals surface area contributed by atoms with Crippen LogP contribution in [0.1, 0.15) is 16.2 Å². The van der Waals surface area contributed by atoms with Crippen molar-refractivity contribution in [3.8, 4) is 0 Å². The van der Waals surface area contributed by atoms with Crippen LogP contribution >= 0.6 is 0 Å². The molecule has 6 nitrogen and oxygen atoms in total. The first kappa shape index (κ1) is 17.9. The first-order valence-corrected chi connectivity index (χ1v) is 8.80. The molecule has 3 rings (SSSR count). The molecule has 26 heavy (non-hydrogen) atoms. The van der Waals surface area contributed by atoms with E-state index in [1.807, 2.05) is 0 Å². The lowest BCUT2D eigenvalue weighted by molar-refractivity contribution is -0.0435. The van der Waals surface area contributed by atoms with Gasteiger partial charge in [-0.3, -0.25) is 4.79 Å². The Morgan fingerprint density at radius 3 is 2.46 bits per heavy atom. The van der Waals surface area contributed by atoms with Crippen LogP contribution in [0.4, 0.5) is 13.2 Å². The van der Waals surface area contributed by atoms with Gasteiger partial charge in [-0.25, -0.2) is 13.4 Å². The second-order valence-corrected chi connectivity index (χ2v) is 7.30. The Morgan fingerprint density at radius 1 is 1.12 bits per heavy atom. The SMILES string of the molecule is O=C(NCc1nc2ccc(S(=O)(=O)C(F)(F)F)cc2[nH]1)c1ccccc1. The van der Waals surface area contributed by atoms with E-state index in [0.29, 0.717) is 5.56 Å². The van der Waals surface area contributed by atoms with Crippen LogP contribution in [0.25, 0.3) is 11.0 Å². The summed E-state index contributed by atoms with van der Waals surface area (Å²) in [5, 5.41) is 2.61. The number of H-pyrrole nitrogens is 1. The number of alkyl halides is 3. The molecule has 1 heterocycles. The average Bonchev–Trinajstić information content (AvgIpc) is 3.01. The third kappa shape index (κ3) is 3.40. The van der Waals surface area contributed by atoms with Gasteiger partial charge >= 0.3 is 5.51 Å². The minimum absolute atomic E-state index is 0.00373. The van der Waals surface area contributed by atoms with Crippen molar-refractivity contribution >= 4 is 26.8 Å². The second-order valence-electron chi connectivity index (χ2n) is 5.36. The standard InChI is InChI=1S/C16H12F3N3O3S/c17-16(18,19)26(24,25)11-6-7-12-13(8-11)22-14(21-12)9-20-15(23)10-4-2-1-3-5-10/h1-8H,9H2,(H,20,23)(H,21,22). The fourth-order valence-corrected chi connectivity index (χ4v) is 3.07. The smallest absolute Gasteiger partial charge is 0.345 e. The molecule has 10 heteroatoms. The van der Waals surface area contributed by atoms with E-state index in [9.17, 15) is 26.4 Å². The van der Waals surface area contributed by atoms with Crippen LogP contribution in [-0.4, -0.2) is 29.8 Å². The lowest BCUT2D eigenvalue weighted by Crippen LogP contribution is -2.23. The number of imidazole rings is 1. The number of nitrogens with one attached hydrogen (secondary N) is 2. The third-order valence-corrected chi connectivity index (χ3v) is 5.05. The van der Waals surface area contributed by atoms with Crippen molar-refractivity contribution in [2.45, 2.75) is 16.9 Å². The Balaban J connectivity index is 1.81. The summed E-state index contributed by atoms with van der Waals surface area (Å²) in [7, 11) is -5.44. The second kappa shape index (κ2) is 6.45. The minimum atomic E-state index is -5.44. The highest BCUT2D eigenvalue weighted by molar-refractivity contribution is 7.92. The molecular weight excluding hydrogens is 371 g/mol. The number of hydrogen-bond acceptors (Lipinski definition) is 4. The molecule has 0 bridgehead atoms. The van der Waals surface area contributed by atoms with E-state index >= 15 is 0 Å². The molecule has 0 unspecified atom stereocenters. The maximum atomic E-state index is 12.6. The summed E-state index contributed by atoms with van der Waals surface area (Å²) in [6.07, 6.45) is 0. The van der Waals surface area contributed by atoms with Crippen LogP contribution in [0.2, 0.25) is 0 Å². The molecule has 0 spiro atoms. The molecule has 0 aliphatic carbocycles. The van der Waals surface area contributed by atoms with E-state index in [-0.39, 0.29) is 29.3 Å². The highest BCUT2D eigenvalue weighted by Crippen LogP contribution is 2.31. The number of carbonyl (C=O) groups excluding carboxylic acids is 1. The number of sulfone groups is 1. The van der Waals surface area contributed by atoms with Gasteiger partial charge in [-0.05, 0) is 30.3 Å². The Bertz CT molecular complexity index is 1060. The zero-order valence-corrected chi connectivity index (χ0v) is 13.9. The van der Waals surface area contributed by atoms with E-state index in [1.54, 1.807) is 30.3 Å². The Hall–Kier alpha value is -2.88. The summed E-state index contributed by atoms with van der Waals surface area (Å²) in [4.78, 5) is 17.9. The summed E-state index contributed by atoms with van der Waals surface area (Å²) in [5.74, 6) is -0.0581. The number of amides is 1. The zero-order valence-electron chi connectivity index (χ0n) is 13.0. The lowest BCUT2D eigenvalue weighted by Gasteiger charge is -2.07. The van der Waals surface area contributed by atoms with Crippen LogP contribution in [0.15, 0.2) is 53.4 Å². The minimum Gasteiger partial charge on any atom is -0.345 e. The van der Waals surface area contributed by atoms with Gasteiger partial charge in [-0.1, -0.05) is 18.2 Å². The maximum Gasteiger partial charge on any atom is 0.501 e. The Morgan fingerprint density at radius 2 is 1.81 bits per heavy atom. The summed E-state index contributed by atoms with van der Waals surface area (Å²) in [5.41, 5.74) is -4.52. The van der Waals surface area contributed by atoms with Crippen molar-refractivity contribution in [2.75, 3.05) is 0 Å². The molecule has 136 valence electrons. The van der Waals surface area contributed by atoms with Gasteiger partial charge < -0.3 is 10.3 Å². The highest BCUT2D eigenvalue weighted by atomic mass is 32.2. The number of fused-ring (bicyclic) bond motifs is 1. The van der Waals surface area contributed by atoms with Gasteiger partial charge in [0.05, 0.1) is 22.5 Å². The molecule has 0 saturated heterocycles. The Labute approximate surface area is 146 Å². The van der Waals surface area contributed by atoms with Crippen molar-refractivity contribution < 1.29 is 26.4 Å². The monoisotopic (exact) mass is 383 g/mol. The molecule has 3 aromatic rings. The van der Waals surface area contributed by atoms with Crippen LogP contribution in [0.3, 0.4) is 0 Å². The highest BCUT2D eigenvalue weighted by Gasteiger charge is 2.46. The quantitative estimate of drug-likeness (QED) is 0.725. The molecule has 1 amide bonds. The largest absolute Gasteiger partial charge is 0.501 e. The number of benzene rings is 2. The summed E-state index contributed by atoms with van der Waals surface area (Å²) in [6, 6.07) is 11.3. The normalized spacial score (nSPS) is 12.3.